The molecule has 0 aromatic rings. The molecule has 1 heteroatoms. The van der Waals surface area contributed by atoms with Crippen LogP contribution in [0.5, 0.6) is 0 Å². The fourth-order valence-electron chi connectivity index (χ4n) is 3.72. The Kier molecular flexibility index (Phi) is 1.91. The minimum absolute atomic E-state index is 0.259. The molecule has 4 unspecified atom stereocenters. The van der Waals surface area contributed by atoms with Crippen LogP contribution in [-0.4, -0.2) is 5.78 Å². The molecule has 1 nitrogen and oxygen atoms in total. The molecule has 0 bridgehead atoms. The van der Waals surface area contributed by atoms with Crippen LogP contribution in [0.25, 0.3) is 0 Å². The first-order valence-electron chi connectivity index (χ1n) is 5.81. The summed E-state index contributed by atoms with van der Waals surface area (Å²) in [6.07, 6.45) is 2.67. The van der Waals surface area contributed by atoms with Crippen LogP contribution >= 0.6 is 0 Å². The molecule has 2 aliphatic rings. The van der Waals surface area contributed by atoms with Gasteiger partial charge in [0.25, 0.3) is 0 Å². The van der Waals surface area contributed by atoms with E-state index in [-0.39, 0.29) is 5.92 Å². The summed E-state index contributed by atoms with van der Waals surface area (Å²) in [5, 5.41) is 0. The van der Waals surface area contributed by atoms with Gasteiger partial charge in [-0.2, -0.15) is 0 Å². The number of fused-ring (bicyclic) bond motifs is 1. The maximum absolute atomic E-state index is 11.4. The fourth-order valence-corrected chi connectivity index (χ4v) is 3.72. The van der Waals surface area contributed by atoms with Crippen LogP contribution in [0.1, 0.15) is 47.5 Å². The molecule has 80 valence electrons. The van der Waals surface area contributed by atoms with E-state index in [0.717, 1.165) is 5.92 Å². The van der Waals surface area contributed by atoms with Gasteiger partial charge in [-0.1, -0.05) is 27.7 Å². The molecule has 0 spiro atoms. The van der Waals surface area contributed by atoms with Crippen molar-refractivity contribution in [3.63, 3.8) is 0 Å². The third kappa shape index (κ3) is 1.04. The number of ketones is 1. The second-order valence-corrected chi connectivity index (χ2v) is 6.28. The first-order valence-corrected chi connectivity index (χ1v) is 5.81. The van der Waals surface area contributed by atoms with Gasteiger partial charge in [-0.3, -0.25) is 4.79 Å². The average molecular weight is 194 g/mol. The van der Waals surface area contributed by atoms with Crippen molar-refractivity contribution >= 4 is 5.78 Å². The third-order valence-electron chi connectivity index (χ3n) is 5.59. The topological polar surface area (TPSA) is 17.1 Å². The molecule has 0 aliphatic heterocycles. The van der Waals surface area contributed by atoms with Gasteiger partial charge in [-0.25, -0.2) is 0 Å². The Bertz CT molecular complexity index is 279. The van der Waals surface area contributed by atoms with Crippen LogP contribution in [0.2, 0.25) is 0 Å². The maximum atomic E-state index is 11.4. The van der Waals surface area contributed by atoms with Gasteiger partial charge in [0.1, 0.15) is 5.78 Å². The van der Waals surface area contributed by atoms with Crippen LogP contribution in [0.15, 0.2) is 0 Å². The lowest BCUT2D eigenvalue weighted by Crippen LogP contribution is -2.34. The van der Waals surface area contributed by atoms with Gasteiger partial charge in [-0.05, 0) is 42.4 Å². The zero-order valence-electron chi connectivity index (χ0n) is 10.1. The predicted molar refractivity (Wildman–Crippen MR) is 57.9 cm³/mol. The third-order valence-corrected chi connectivity index (χ3v) is 5.59. The van der Waals surface area contributed by atoms with E-state index in [1.165, 1.54) is 12.8 Å². The van der Waals surface area contributed by atoms with Gasteiger partial charge >= 0.3 is 0 Å². The number of hydrogen-bond acceptors (Lipinski definition) is 1. The molecule has 2 rings (SSSR count). The van der Waals surface area contributed by atoms with E-state index in [1.807, 2.05) is 0 Å². The van der Waals surface area contributed by atoms with Crippen molar-refractivity contribution in [2.75, 3.05) is 0 Å². The smallest absolute Gasteiger partial charge is 0.132 e. The monoisotopic (exact) mass is 194 g/mol. The van der Waals surface area contributed by atoms with E-state index >= 15 is 0 Å². The van der Waals surface area contributed by atoms with Crippen LogP contribution in [0, 0.1) is 28.6 Å². The quantitative estimate of drug-likeness (QED) is 0.659. The highest BCUT2D eigenvalue weighted by atomic mass is 16.1. The van der Waals surface area contributed by atoms with Crippen molar-refractivity contribution in [1.82, 2.24) is 0 Å². The van der Waals surface area contributed by atoms with Crippen molar-refractivity contribution in [2.45, 2.75) is 47.5 Å². The Morgan fingerprint density at radius 3 is 2.29 bits per heavy atom. The molecule has 2 fully saturated rings. The molecule has 4 atom stereocenters. The van der Waals surface area contributed by atoms with Gasteiger partial charge in [0, 0.05) is 5.92 Å². The second-order valence-electron chi connectivity index (χ2n) is 6.28. The Morgan fingerprint density at radius 1 is 1.36 bits per heavy atom. The summed E-state index contributed by atoms with van der Waals surface area (Å²) < 4.78 is 0. The first-order chi connectivity index (χ1) is 6.30. The SMILES string of the molecule is CC(=O)C(C)C1CC2CC2(C)C1(C)C. The molecule has 2 aliphatic carbocycles. The second kappa shape index (κ2) is 2.62. The average Bonchev–Trinajstić information content (AvgIpc) is 2.68. The summed E-state index contributed by atoms with van der Waals surface area (Å²) in [5.74, 6) is 2.15. The number of carbonyl (C=O) groups is 1. The number of Topliss-reactive ketones (excluding diaryl/α,β-unsaturated/α-hetero) is 1. The van der Waals surface area contributed by atoms with E-state index in [9.17, 15) is 4.79 Å². The van der Waals surface area contributed by atoms with Gasteiger partial charge in [0.15, 0.2) is 0 Å². The highest BCUT2D eigenvalue weighted by Crippen LogP contribution is 2.74. The van der Waals surface area contributed by atoms with Crippen molar-refractivity contribution in [3.05, 3.63) is 0 Å². The fraction of sp³-hybridized carbons (Fsp3) is 0.923. The normalized spacial score (nSPS) is 45.8. The van der Waals surface area contributed by atoms with Crippen molar-refractivity contribution in [3.8, 4) is 0 Å². The minimum atomic E-state index is 0.259. The van der Waals surface area contributed by atoms with E-state index < -0.39 is 0 Å². The summed E-state index contributed by atoms with van der Waals surface area (Å²) in [4.78, 5) is 11.4. The highest BCUT2D eigenvalue weighted by molar-refractivity contribution is 5.78. The van der Waals surface area contributed by atoms with E-state index in [2.05, 4.69) is 27.7 Å². The summed E-state index contributed by atoms with van der Waals surface area (Å²) >= 11 is 0. The Hall–Kier alpha value is -0.330. The van der Waals surface area contributed by atoms with Gasteiger partial charge in [0.05, 0.1) is 0 Å². The van der Waals surface area contributed by atoms with Crippen LogP contribution in [-0.2, 0) is 4.79 Å². The lowest BCUT2D eigenvalue weighted by Gasteiger charge is -2.38. The molecule has 0 aromatic heterocycles. The Morgan fingerprint density at radius 2 is 1.93 bits per heavy atom. The Balaban J connectivity index is 2.21. The van der Waals surface area contributed by atoms with Crippen molar-refractivity contribution < 1.29 is 4.79 Å². The molecule has 0 aromatic carbocycles. The van der Waals surface area contributed by atoms with Crippen LogP contribution in [0.3, 0.4) is 0 Å². The zero-order chi connectivity index (χ0) is 10.7. The Labute approximate surface area is 87.3 Å². The molecule has 0 N–H and O–H groups in total. The van der Waals surface area contributed by atoms with Crippen molar-refractivity contribution in [1.29, 1.82) is 0 Å². The summed E-state index contributed by atoms with van der Waals surface area (Å²) in [6, 6.07) is 0. The standard InChI is InChI=1S/C13H22O/c1-8(9(2)14)11-6-10-7-13(10,5)12(11,3)4/h8,10-11H,6-7H2,1-5H3. The molecule has 0 saturated heterocycles. The van der Waals surface area contributed by atoms with E-state index in [1.54, 1.807) is 6.92 Å². The largest absolute Gasteiger partial charge is 0.300 e. The number of carbonyl (C=O) groups excluding carboxylic acids is 1. The first kappa shape index (κ1) is 10.2. The summed E-state index contributed by atoms with van der Waals surface area (Å²) in [7, 11) is 0. The zero-order valence-corrected chi connectivity index (χ0v) is 10.1. The van der Waals surface area contributed by atoms with Crippen LogP contribution in [0.4, 0.5) is 0 Å². The molecule has 14 heavy (non-hydrogen) atoms. The van der Waals surface area contributed by atoms with Crippen LogP contribution < -0.4 is 0 Å². The minimum Gasteiger partial charge on any atom is -0.300 e. The summed E-state index contributed by atoms with van der Waals surface area (Å²) in [5.41, 5.74) is 0.907. The van der Waals surface area contributed by atoms with Gasteiger partial charge in [0.2, 0.25) is 0 Å². The van der Waals surface area contributed by atoms with Crippen molar-refractivity contribution in [2.24, 2.45) is 28.6 Å². The van der Waals surface area contributed by atoms with E-state index in [4.69, 9.17) is 0 Å². The molecule has 2 saturated carbocycles. The lowest BCUT2D eigenvalue weighted by molar-refractivity contribution is -0.123. The summed E-state index contributed by atoms with van der Waals surface area (Å²) in [6.45, 7) is 11.0. The predicted octanol–water partition coefficient (Wildman–Crippen LogP) is 3.28. The number of rotatable bonds is 2. The van der Waals surface area contributed by atoms with E-state index in [0.29, 0.717) is 22.5 Å². The maximum Gasteiger partial charge on any atom is 0.132 e. The lowest BCUT2D eigenvalue weighted by atomic mass is 9.66. The molecular formula is C13H22O. The number of hydrogen-bond donors (Lipinski definition) is 0. The van der Waals surface area contributed by atoms with Gasteiger partial charge < -0.3 is 0 Å². The molecule has 0 radical (unpaired) electrons. The molecule has 0 heterocycles. The highest BCUT2D eigenvalue weighted by Gasteiger charge is 2.67. The molecule has 0 amide bonds. The van der Waals surface area contributed by atoms with Gasteiger partial charge in [-0.15, -0.1) is 0 Å². The molecular weight excluding hydrogens is 172 g/mol.